The number of methoxy groups -OCH3 is 1. The monoisotopic (exact) mass is 331 g/mol. The maximum Gasteiger partial charge on any atom is 0.320 e. The van der Waals surface area contributed by atoms with Gasteiger partial charge >= 0.3 is 5.97 Å². The molecule has 23 heavy (non-hydrogen) atoms. The van der Waals surface area contributed by atoms with E-state index >= 15 is 0 Å². The zero-order valence-electron chi connectivity index (χ0n) is 12.7. The van der Waals surface area contributed by atoms with E-state index in [1.807, 2.05) is 24.4 Å². The van der Waals surface area contributed by atoms with Crippen LogP contribution in [0.5, 0.6) is 0 Å². The van der Waals surface area contributed by atoms with E-state index in [2.05, 4.69) is 5.10 Å². The third-order valence-corrected chi connectivity index (χ3v) is 4.86. The number of rotatable bonds is 3. The van der Waals surface area contributed by atoms with Crippen molar-refractivity contribution < 1.29 is 14.3 Å². The summed E-state index contributed by atoms with van der Waals surface area (Å²) >= 11 is 1.53. The summed E-state index contributed by atoms with van der Waals surface area (Å²) in [4.78, 5) is 26.0. The molecule has 6 nitrogen and oxygen atoms in total. The lowest BCUT2D eigenvalue weighted by atomic mass is 10.1. The molecule has 2 heterocycles. The van der Waals surface area contributed by atoms with Gasteiger partial charge in [-0.25, -0.2) is 4.68 Å². The second-order valence-electron chi connectivity index (χ2n) is 5.13. The number of carbonyl (C=O) groups excluding carboxylic acids is 2. The number of ether oxygens (including phenoxy) is 1. The van der Waals surface area contributed by atoms with Gasteiger partial charge in [-0.2, -0.15) is 5.10 Å². The van der Waals surface area contributed by atoms with Gasteiger partial charge in [-0.1, -0.05) is 0 Å². The van der Waals surface area contributed by atoms with Crippen molar-refractivity contribution in [2.75, 3.05) is 26.0 Å². The second kappa shape index (κ2) is 6.87. The van der Waals surface area contributed by atoms with E-state index in [1.54, 1.807) is 27.9 Å². The van der Waals surface area contributed by atoms with Crippen LogP contribution in [0.2, 0.25) is 0 Å². The molecule has 120 valence electrons. The maximum absolute atomic E-state index is 12.6. The first-order valence-corrected chi connectivity index (χ1v) is 8.32. The summed E-state index contributed by atoms with van der Waals surface area (Å²) < 4.78 is 6.51. The van der Waals surface area contributed by atoms with E-state index in [4.69, 9.17) is 4.74 Å². The van der Waals surface area contributed by atoms with Crippen molar-refractivity contribution >= 4 is 23.6 Å². The van der Waals surface area contributed by atoms with Gasteiger partial charge in [-0.3, -0.25) is 9.59 Å². The Morgan fingerprint density at radius 2 is 2.09 bits per heavy atom. The molecule has 1 aromatic carbocycles. The number of nitrogens with zero attached hydrogens (tertiary/aromatic N) is 3. The van der Waals surface area contributed by atoms with Crippen molar-refractivity contribution in [3.63, 3.8) is 0 Å². The zero-order chi connectivity index (χ0) is 16.2. The fourth-order valence-corrected chi connectivity index (χ4v) is 3.60. The quantitative estimate of drug-likeness (QED) is 0.800. The Morgan fingerprint density at radius 1 is 1.30 bits per heavy atom. The summed E-state index contributed by atoms with van der Waals surface area (Å²) in [6.45, 7) is 1.02. The van der Waals surface area contributed by atoms with E-state index in [9.17, 15) is 9.59 Å². The Balaban J connectivity index is 1.71. The molecule has 3 rings (SSSR count). The number of hydrogen-bond donors (Lipinski definition) is 0. The minimum absolute atomic E-state index is 0.0637. The Bertz CT molecular complexity index is 685. The van der Waals surface area contributed by atoms with Crippen LogP contribution in [0.1, 0.15) is 10.4 Å². The van der Waals surface area contributed by atoms with Crippen molar-refractivity contribution in [1.82, 2.24) is 14.7 Å². The van der Waals surface area contributed by atoms with E-state index in [0.717, 1.165) is 11.4 Å². The standard InChI is InChI=1S/C16H17N3O3S/c1-22-16(21)14-11-18(9-10-23-14)15(20)12-3-5-13(6-4-12)19-8-2-7-17-19/h2-8,14H,9-11H2,1H3/t14-/m1/s1. The van der Waals surface area contributed by atoms with E-state index < -0.39 is 0 Å². The molecule has 0 bridgehead atoms. The maximum atomic E-state index is 12.6. The number of benzene rings is 1. The summed E-state index contributed by atoms with van der Waals surface area (Å²) in [6.07, 6.45) is 3.55. The Kier molecular flexibility index (Phi) is 4.66. The van der Waals surface area contributed by atoms with Crippen LogP contribution in [0.3, 0.4) is 0 Å². The number of hydrogen-bond acceptors (Lipinski definition) is 5. The highest BCUT2D eigenvalue weighted by Crippen LogP contribution is 2.21. The van der Waals surface area contributed by atoms with E-state index in [-0.39, 0.29) is 17.1 Å². The van der Waals surface area contributed by atoms with E-state index in [0.29, 0.717) is 18.7 Å². The summed E-state index contributed by atoms with van der Waals surface area (Å²) in [7, 11) is 1.37. The predicted molar refractivity (Wildman–Crippen MR) is 87.7 cm³/mol. The van der Waals surface area contributed by atoms with Crippen molar-refractivity contribution in [2.24, 2.45) is 0 Å². The average Bonchev–Trinajstić information content (AvgIpc) is 3.15. The van der Waals surface area contributed by atoms with Gasteiger partial charge in [0.25, 0.3) is 5.91 Å². The van der Waals surface area contributed by atoms with Crippen LogP contribution in [0.25, 0.3) is 5.69 Å². The molecule has 1 atom stereocenters. The highest BCUT2D eigenvalue weighted by atomic mass is 32.2. The van der Waals surface area contributed by atoms with Crippen molar-refractivity contribution in [3.8, 4) is 5.69 Å². The number of aromatic nitrogens is 2. The van der Waals surface area contributed by atoms with Gasteiger partial charge in [-0.05, 0) is 30.3 Å². The third-order valence-electron chi connectivity index (χ3n) is 3.70. The van der Waals surface area contributed by atoms with Crippen LogP contribution in [0, 0.1) is 0 Å². The fraction of sp³-hybridized carbons (Fsp3) is 0.312. The number of esters is 1. The van der Waals surface area contributed by atoms with Crippen molar-refractivity contribution in [1.29, 1.82) is 0 Å². The number of amides is 1. The number of thioether (sulfide) groups is 1. The molecule has 1 aromatic heterocycles. The molecular weight excluding hydrogens is 314 g/mol. The summed E-state index contributed by atoms with van der Waals surface area (Å²) in [5.41, 5.74) is 1.50. The molecule has 1 aliphatic rings. The van der Waals surface area contributed by atoms with Gasteiger partial charge in [0, 0.05) is 36.8 Å². The molecule has 2 aromatic rings. The molecule has 0 saturated carbocycles. The van der Waals surface area contributed by atoms with Gasteiger partial charge in [0.05, 0.1) is 12.8 Å². The molecule has 0 N–H and O–H groups in total. The van der Waals surface area contributed by atoms with E-state index in [1.165, 1.54) is 18.9 Å². The normalized spacial score (nSPS) is 17.8. The average molecular weight is 331 g/mol. The van der Waals surface area contributed by atoms with Crippen LogP contribution in [-0.4, -0.2) is 57.8 Å². The zero-order valence-corrected chi connectivity index (χ0v) is 13.5. The molecule has 0 aliphatic carbocycles. The molecule has 0 spiro atoms. The van der Waals surface area contributed by atoms with Crippen LogP contribution in [0.4, 0.5) is 0 Å². The minimum Gasteiger partial charge on any atom is -0.468 e. The van der Waals surface area contributed by atoms with Crippen LogP contribution in [-0.2, 0) is 9.53 Å². The van der Waals surface area contributed by atoms with Gasteiger partial charge < -0.3 is 9.64 Å². The Morgan fingerprint density at radius 3 is 2.74 bits per heavy atom. The summed E-state index contributed by atoms with van der Waals surface area (Å²) in [5.74, 6) is 0.393. The first-order chi connectivity index (χ1) is 11.2. The smallest absolute Gasteiger partial charge is 0.320 e. The van der Waals surface area contributed by atoms with Crippen molar-refractivity contribution in [2.45, 2.75) is 5.25 Å². The molecule has 1 saturated heterocycles. The van der Waals surface area contributed by atoms with Crippen LogP contribution in [0.15, 0.2) is 42.7 Å². The van der Waals surface area contributed by atoms with Crippen LogP contribution < -0.4 is 0 Å². The van der Waals surface area contributed by atoms with Gasteiger partial charge in [0.2, 0.25) is 0 Å². The van der Waals surface area contributed by atoms with Gasteiger partial charge in [0.1, 0.15) is 5.25 Å². The largest absolute Gasteiger partial charge is 0.468 e. The first-order valence-electron chi connectivity index (χ1n) is 7.28. The lowest BCUT2D eigenvalue weighted by molar-refractivity contribution is -0.140. The molecule has 1 aliphatic heterocycles. The summed E-state index contributed by atoms with van der Waals surface area (Å²) in [5, 5.41) is 3.85. The molecule has 1 fully saturated rings. The Hall–Kier alpha value is -2.28. The molecule has 1 amide bonds. The first kappa shape index (κ1) is 15.6. The fourth-order valence-electron chi connectivity index (χ4n) is 2.47. The van der Waals surface area contributed by atoms with Crippen molar-refractivity contribution in [3.05, 3.63) is 48.3 Å². The highest BCUT2D eigenvalue weighted by molar-refractivity contribution is 8.00. The Labute approximate surface area is 138 Å². The molecular formula is C16H17N3O3S. The minimum atomic E-state index is -0.305. The summed E-state index contributed by atoms with van der Waals surface area (Å²) in [6, 6.07) is 9.13. The second-order valence-corrected chi connectivity index (χ2v) is 6.44. The van der Waals surface area contributed by atoms with Gasteiger partial charge in [-0.15, -0.1) is 11.8 Å². The molecule has 0 unspecified atom stereocenters. The lowest BCUT2D eigenvalue weighted by Crippen LogP contribution is -2.44. The lowest BCUT2D eigenvalue weighted by Gasteiger charge is -2.31. The van der Waals surface area contributed by atoms with Crippen LogP contribution >= 0.6 is 11.8 Å². The topological polar surface area (TPSA) is 64.4 Å². The third kappa shape index (κ3) is 3.39. The molecule has 0 radical (unpaired) electrons. The molecule has 7 heteroatoms. The SMILES string of the molecule is COC(=O)[C@H]1CN(C(=O)c2ccc(-n3cccn3)cc2)CCS1. The number of carbonyl (C=O) groups is 2. The highest BCUT2D eigenvalue weighted by Gasteiger charge is 2.30. The van der Waals surface area contributed by atoms with Gasteiger partial charge in [0.15, 0.2) is 0 Å². The predicted octanol–water partition coefficient (Wildman–Crippen LogP) is 1.60.